The average molecular weight is 411 g/mol. The summed E-state index contributed by atoms with van der Waals surface area (Å²) in [4.78, 5) is 35.4. The highest BCUT2D eigenvalue weighted by Crippen LogP contribution is 2.28. The number of nitrogens with one attached hydrogen (secondary N) is 2. The highest BCUT2D eigenvalue weighted by atomic mass is 35.5. The van der Waals surface area contributed by atoms with E-state index < -0.39 is 30.5 Å². The minimum atomic E-state index is -1.00. The Kier molecular flexibility index (Phi) is 7.45. The van der Waals surface area contributed by atoms with E-state index in [0.29, 0.717) is 10.6 Å². The zero-order valence-corrected chi connectivity index (χ0v) is 15.7. The first-order valence-corrected chi connectivity index (χ1v) is 8.55. The number of carbonyl (C=O) groups is 3. The fourth-order valence-electron chi connectivity index (χ4n) is 1.89. The lowest BCUT2D eigenvalue weighted by molar-refractivity contribution is -0.154. The fraction of sp³-hybridized carbons (Fsp3) is 0.167. The molecular formula is C18H16Cl2N2O5. The molecule has 27 heavy (non-hydrogen) atoms. The first-order chi connectivity index (χ1) is 12.9. The van der Waals surface area contributed by atoms with Crippen molar-refractivity contribution >= 4 is 41.0 Å². The van der Waals surface area contributed by atoms with Gasteiger partial charge >= 0.3 is 5.97 Å². The SMILES string of the molecule is C[C@@H](Oc1ccc(Cl)cc1Cl)C(=O)OCC(=O)NNC(=O)c1ccccc1. The number of hydrogen-bond acceptors (Lipinski definition) is 5. The average Bonchev–Trinajstić information content (AvgIpc) is 2.66. The van der Waals surface area contributed by atoms with Crippen molar-refractivity contribution in [3.8, 4) is 5.75 Å². The fourth-order valence-corrected chi connectivity index (χ4v) is 2.34. The highest BCUT2D eigenvalue weighted by Gasteiger charge is 2.19. The van der Waals surface area contributed by atoms with E-state index >= 15 is 0 Å². The van der Waals surface area contributed by atoms with Crippen molar-refractivity contribution in [1.29, 1.82) is 0 Å². The maximum atomic E-state index is 11.9. The van der Waals surface area contributed by atoms with Crippen LogP contribution in [0.5, 0.6) is 5.75 Å². The molecule has 2 aromatic rings. The number of ether oxygens (including phenoxy) is 2. The Hall–Kier alpha value is -2.77. The molecule has 0 aromatic heterocycles. The summed E-state index contributed by atoms with van der Waals surface area (Å²) in [5.41, 5.74) is 4.73. The van der Waals surface area contributed by atoms with Crippen LogP contribution in [0.1, 0.15) is 17.3 Å². The van der Waals surface area contributed by atoms with Crippen molar-refractivity contribution in [2.45, 2.75) is 13.0 Å². The summed E-state index contributed by atoms with van der Waals surface area (Å²) in [5, 5.41) is 0.667. The van der Waals surface area contributed by atoms with Crippen LogP contribution in [0.4, 0.5) is 0 Å². The van der Waals surface area contributed by atoms with Crippen LogP contribution in [-0.2, 0) is 14.3 Å². The lowest BCUT2D eigenvalue weighted by Crippen LogP contribution is -2.44. The number of amides is 2. The van der Waals surface area contributed by atoms with Crippen molar-refractivity contribution < 1.29 is 23.9 Å². The maximum absolute atomic E-state index is 11.9. The van der Waals surface area contributed by atoms with Crippen molar-refractivity contribution in [1.82, 2.24) is 10.9 Å². The molecule has 0 saturated carbocycles. The second-order valence-corrected chi connectivity index (χ2v) is 6.15. The van der Waals surface area contributed by atoms with Crippen LogP contribution in [0, 0.1) is 0 Å². The van der Waals surface area contributed by atoms with Gasteiger partial charge in [-0.1, -0.05) is 41.4 Å². The second-order valence-electron chi connectivity index (χ2n) is 5.31. The Morgan fingerprint density at radius 2 is 1.74 bits per heavy atom. The Morgan fingerprint density at radius 1 is 1.04 bits per heavy atom. The molecule has 9 heteroatoms. The topological polar surface area (TPSA) is 93.7 Å². The number of carbonyl (C=O) groups excluding carboxylic acids is 3. The molecular weight excluding hydrogens is 395 g/mol. The lowest BCUT2D eigenvalue weighted by Gasteiger charge is -2.15. The Labute approximate surface area is 165 Å². The van der Waals surface area contributed by atoms with Gasteiger partial charge in [0.15, 0.2) is 12.7 Å². The molecule has 2 amide bonds. The van der Waals surface area contributed by atoms with Crippen molar-refractivity contribution in [2.75, 3.05) is 6.61 Å². The van der Waals surface area contributed by atoms with Crippen LogP contribution in [0.25, 0.3) is 0 Å². The van der Waals surface area contributed by atoms with Gasteiger partial charge in [-0.3, -0.25) is 20.4 Å². The molecule has 0 heterocycles. The van der Waals surface area contributed by atoms with Gasteiger partial charge in [0.05, 0.1) is 5.02 Å². The van der Waals surface area contributed by atoms with Crippen LogP contribution in [-0.4, -0.2) is 30.5 Å². The summed E-state index contributed by atoms with van der Waals surface area (Å²) < 4.78 is 10.2. The summed E-state index contributed by atoms with van der Waals surface area (Å²) in [5.74, 6) is -1.72. The van der Waals surface area contributed by atoms with Crippen LogP contribution in [0.15, 0.2) is 48.5 Å². The molecule has 1 atom stereocenters. The molecule has 0 aliphatic carbocycles. The van der Waals surface area contributed by atoms with Crippen LogP contribution < -0.4 is 15.6 Å². The Morgan fingerprint density at radius 3 is 2.41 bits per heavy atom. The summed E-state index contributed by atoms with van der Waals surface area (Å²) in [6, 6.07) is 12.9. The van der Waals surface area contributed by atoms with Gasteiger partial charge in [-0.25, -0.2) is 4.79 Å². The summed E-state index contributed by atoms with van der Waals surface area (Å²) in [6.45, 7) is 0.859. The molecule has 142 valence electrons. The van der Waals surface area contributed by atoms with Crippen LogP contribution in [0.3, 0.4) is 0 Å². The van der Waals surface area contributed by atoms with Gasteiger partial charge < -0.3 is 9.47 Å². The number of rotatable bonds is 6. The molecule has 2 N–H and O–H groups in total. The largest absolute Gasteiger partial charge is 0.477 e. The van der Waals surface area contributed by atoms with E-state index in [1.54, 1.807) is 36.4 Å². The summed E-state index contributed by atoms with van der Waals surface area (Å²) in [7, 11) is 0. The van der Waals surface area contributed by atoms with E-state index in [0.717, 1.165) is 0 Å². The van der Waals surface area contributed by atoms with E-state index in [9.17, 15) is 14.4 Å². The molecule has 0 unspecified atom stereocenters. The zero-order valence-electron chi connectivity index (χ0n) is 14.2. The van der Waals surface area contributed by atoms with E-state index in [1.807, 2.05) is 0 Å². The molecule has 2 rings (SSSR count). The smallest absolute Gasteiger partial charge is 0.347 e. The third kappa shape index (κ3) is 6.47. The minimum absolute atomic E-state index is 0.239. The van der Waals surface area contributed by atoms with Gasteiger partial charge in [0.1, 0.15) is 5.75 Å². The second kappa shape index (κ2) is 9.80. The monoisotopic (exact) mass is 410 g/mol. The molecule has 7 nitrogen and oxygen atoms in total. The summed E-state index contributed by atoms with van der Waals surface area (Å²) in [6.07, 6.45) is -1.00. The summed E-state index contributed by atoms with van der Waals surface area (Å²) >= 11 is 11.7. The number of halogens is 2. The third-order valence-corrected chi connectivity index (χ3v) is 3.76. The van der Waals surface area contributed by atoms with E-state index in [-0.39, 0.29) is 10.8 Å². The number of hydrogen-bond donors (Lipinski definition) is 2. The highest BCUT2D eigenvalue weighted by molar-refractivity contribution is 6.35. The van der Waals surface area contributed by atoms with Crippen LogP contribution >= 0.6 is 23.2 Å². The molecule has 0 radical (unpaired) electrons. The first-order valence-electron chi connectivity index (χ1n) is 7.79. The first kappa shape index (κ1) is 20.5. The van der Waals surface area contributed by atoms with Gasteiger partial charge in [-0.2, -0.15) is 0 Å². The van der Waals surface area contributed by atoms with E-state index in [4.69, 9.17) is 32.7 Å². The Balaban J connectivity index is 1.75. The third-order valence-electron chi connectivity index (χ3n) is 3.23. The maximum Gasteiger partial charge on any atom is 0.347 e. The molecule has 0 bridgehead atoms. The molecule has 0 spiro atoms. The standard InChI is InChI=1S/C18H16Cl2N2O5/c1-11(27-15-8-7-13(19)9-14(15)20)18(25)26-10-16(23)21-22-17(24)12-5-3-2-4-6-12/h2-9,11H,10H2,1H3,(H,21,23)(H,22,24)/t11-/m1/s1. The molecule has 2 aromatic carbocycles. The molecule has 0 aliphatic rings. The van der Waals surface area contributed by atoms with E-state index in [1.165, 1.54) is 19.1 Å². The Bertz CT molecular complexity index is 830. The normalized spacial score (nSPS) is 11.2. The predicted molar refractivity (Wildman–Crippen MR) is 99.6 cm³/mol. The van der Waals surface area contributed by atoms with Crippen molar-refractivity contribution in [3.63, 3.8) is 0 Å². The molecule has 0 saturated heterocycles. The number of hydrazine groups is 1. The van der Waals surface area contributed by atoms with Crippen molar-refractivity contribution in [3.05, 3.63) is 64.1 Å². The number of esters is 1. The van der Waals surface area contributed by atoms with E-state index in [2.05, 4.69) is 10.9 Å². The lowest BCUT2D eigenvalue weighted by atomic mass is 10.2. The van der Waals surface area contributed by atoms with Gasteiger partial charge in [0, 0.05) is 10.6 Å². The van der Waals surface area contributed by atoms with Gasteiger partial charge in [0.2, 0.25) is 0 Å². The minimum Gasteiger partial charge on any atom is -0.477 e. The predicted octanol–water partition coefficient (Wildman–Crippen LogP) is 2.77. The molecule has 0 fully saturated rings. The van der Waals surface area contributed by atoms with Gasteiger partial charge in [-0.15, -0.1) is 0 Å². The van der Waals surface area contributed by atoms with Crippen LogP contribution in [0.2, 0.25) is 10.0 Å². The number of benzene rings is 2. The van der Waals surface area contributed by atoms with Crippen molar-refractivity contribution in [2.24, 2.45) is 0 Å². The molecule has 0 aliphatic heterocycles. The quantitative estimate of drug-likeness (QED) is 0.563. The van der Waals surface area contributed by atoms with Gasteiger partial charge in [-0.05, 0) is 37.3 Å². The van der Waals surface area contributed by atoms with Gasteiger partial charge in [0.25, 0.3) is 11.8 Å². The zero-order chi connectivity index (χ0) is 19.8.